The van der Waals surface area contributed by atoms with Crippen molar-refractivity contribution in [3.63, 3.8) is 0 Å². The van der Waals surface area contributed by atoms with Crippen LogP contribution < -0.4 is 10.9 Å². The van der Waals surface area contributed by atoms with E-state index in [0.29, 0.717) is 16.4 Å². The molecule has 1 aromatic heterocycles. The molecule has 1 aromatic carbocycles. The first-order valence-corrected chi connectivity index (χ1v) is 10.2. The van der Waals surface area contributed by atoms with Gasteiger partial charge >= 0.3 is 6.09 Å². The average Bonchev–Trinajstić information content (AvgIpc) is 2.66. The van der Waals surface area contributed by atoms with E-state index in [-0.39, 0.29) is 5.82 Å². The molecule has 0 radical (unpaired) electrons. The highest BCUT2D eigenvalue weighted by Gasteiger charge is 2.31. The highest BCUT2D eigenvalue weighted by Crippen LogP contribution is 2.37. The zero-order valence-electron chi connectivity index (χ0n) is 16.8. The smallest absolute Gasteiger partial charge is 0.426 e. The third-order valence-electron chi connectivity index (χ3n) is 4.27. The van der Waals surface area contributed by atoms with Gasteiger partial charge in [0.15, 0.2) is 5.17 Å². The standard InChI is InChI=1S/C20H24FN5O2S/c1-19(2,3)28-18(27)26-25-17-24-20(4,7-10-29-17)13-5-6-15(21)14(11-13)16-12-22-8-9-23-16/h5-6,8-9,11-12H,7,10H2,1-4H3,(H,24,25)(H,26,27). The SMILES string of the molecule is CC(C)(C)OC(=O)NNC1=NC(C)(c2ccc(F)c(-c3cnccn3)c2)CCS1. The molecular weight excluding hydrogens is 393 g/mol. The highest BCUT2D eigenvalue weighted by molar-refractivity contribution is 8.13. The lowest BCUT2D eigenvalue weighted by Crippen LogP contribution is -2.45. The number of amidine groups is 1. The van der Waals surface area contributed by atoms with Crippen LogP contribution in [0.15, 0.2) is 41.8 Å². The lowest BCUT2D eigenvalue weighted by molar-refractivity contribution is 0.0513. The Hall–Kier alpha value is -2.68. The van der Waals surface area contributed by atoms with E-state index < -0.39 is 17.2 Å². The molecule has 154 valence electrons. The van der Waals surface area contributed by atoms with Crippen LogP contribution in [0.2, 0.25) is 0 Å². The molecular formula is C20H24FN5O2S. The largest absolute Gasteiger partial charge is 0.443 e. The van der Waals surface area contributed by atoms with Crippen molar-refractivity contribution in [1.29, 1.82) is 0 Å². The van der Waals surface area contributed by atoms with E-state index in [2.05, 4.69) is 20.8 Å². The van der Waals surface area contributed by atoms with Crippen molar-refractivity contribution in [3.8, 4) is 11.3 Å². The number of ether oxygens (including phenoxy) is 1. The number of aliphatic imine (C=N–C) groups is 1. The molecule has 1 unspecified atom stereocenters. The van der Waals surface area contributed by atoms with E-state index in [1.165, 1.54) is 30.2 Å². The molecule has 2 heterocycles. The minimum atomic E-state index is -0.591. The summed E-state index contributed by atoms with van der Waals surface area (Å²) in [6, 6.07) is 4.92. The maximum Gasteiger partial charge on any atom is 0.426 e. The molecule has 1 atom stereocenters. The fraction of sp³-hybridized carbons (Fsp3) is 0.400. The van der Waals surface area contributed by atoms with Gasteiger partial charge in [0.25, 0.3) is 0 Å². The zero-order valence-corrected chi connectivity index (χ0v) is 17.6. The lowest BCUT2D eigenvalue weighted by atomic mass is 9.88. The number of nitrogens with one attached hydrogen (secondary N) is 2. The second-order valence-corrected chi connectivity index (χ2v) is 8.91. The van der Waals surface area contributed by atoms with Gasteiger partial charge in [-0.15, -0.1) is 0 Å². The first-order chi connectivity index (χ1) is 13.7. The predicted octanol–water partition coefficient (Wildman–Crippen LogP) is 4.02. The number of thioether (sulfide) groups is 1. The van der Waals surface area contributed by atoms with Crippen molar-refractivity contribution in [3.05, 3.63) is 48.2 Å². The van der Waals surface area contributed by atoms with Crippen LogP contribution in [-0.2, 0) is 10.3 Å². The fourth-order valence-corrected chi connectivity index (χ4v) is 3.92. The van der Waals surface area contributed by atoms with Crippen molar-refractivity contribution < 1.29 is 13.9 Å². The molecule has 7 nitrogen and oxygen atoms in total. The second kappa shape index (κ2) is 8.36. The van der Waals surface area contributed by atoms with Crippen molar-refractivity contribution >= 4 is 23.0 Å². The zero-order chi connectivity index (χ0) is 21.1. The maximum absolute atomic E-state index is 14.4. The van der Waals surface area contributed by atoms with Gasteiger partial charge in [0.05, 0.1) is 17.4 Å². The summed E-state index contributed by atoms with van der Waals surface area (Å²) in [6.45, 7) is 7.36. The number of rotatable bonds is 2. The Morgan fingerprint density at radius 2 is 2.10 bits per heavy atom. The van der Waals surface area contributed by atoms with Crippen LogP contribution in [0.1, 0.15) is 39.7 Å². The molecule has 2 aromatic rings. The topological polar surface area (TPSA) is 88.5 Å². The normalized spacial score (nSPS) is 19.3. The minimum Gasteiger partial charge on any atom is -0.443 e. The van der Waals surface area contributed by atoms with Gasteiger partial charge in [0.2, 0.25) is 0 Å². The number of carbonyl (C=O) groups is 1. The summed E-state index contributed by atoms with van der Waals surface area (Å²) in [5.41, 5.74) is 5.86. The third kappa shape index (κ3) is 5.44. The Bertz CT molecular complexity index is 917. The molecule has 1 amide bonds. The molecule has 0 spiro atoms. The number of nitrogens with zero attached hydrogens (tertiary/aromatic N) is 3. The number of hydrogen-bond donors (Lipinski definition) is 2. The number of carbonyl (C=O) groups excluding carboxylic acids is 1. The molecule has 0 bridgehead atoms. The van der Waals surface area contributed by atoms with E-state index in [0.717, 1.165) is 17.7 Å². The molecule has 0 saturated heterocycles. The van der Waals surface area contributed by atoms with E-state index in [1.807, 2.05) is 6.92 Å². The molecule has 1 aliphatic rings. The second-order valence-electron chi connectivity index (χ2n) is 7.83. The molecule has 2 N–H and O–H groups in total. The number of halogens is 1. The van der Waals surface area contributed by atoms with Crippen LogP contribution in [0.3, 0.4) is 0 Å². The summed E-state index contributed by atoms with van der Waals surface area (Å²) >= 11 is 1.50. The van der Waals surface area contributed by atoms with Crippen LogP contribution >= 0.6 is 11.8 Å². The maximum atomic E-state index is 14.4. The first kappa shape index (κ1) is 21.0. The highest BCUT2D eigenvalue weighted by atomic mass is 32.2. The first-order valence-electron chi connectivity index (χ1n) is 9.20. The number of hydrogen-bond acceptors (Lipinski definition) is 7. The van der Waals surface area contributed by atoms with E-state index in [1.54, 1.807) is 39.1 Å². The Morgan fingerprint density at radius 1 is 1.31 bits per heavy atom. The molecule has 1 aliphatic heterocycles. The van der Waals surface area contributed by atoms with Crippen LogP contribution in [0.5, 0.6) is 0 Å². The van der Waals surface area contributed by atoms with E-state index >= 15 is 0 Å². The quantitative estimate of drug-likeness (QED) is 0.718. The summed E-state index contributed by atoms with van der Waals surface area (Å²) < 4.78 is 19.6. The molecule has 0 aliphatic carbocycles. The molecule has 0 fully saturated rings. The number of benzene rings is 1. The van der Waals surface area contributed by atoms with Crippen molar-refractivity contribution in [2.24, 2.45) is 4.99 Å². The molecule has 3 rings (SSSR count). The molecule has 0 saturated carbocycles. The molecule has 29 heavy (non-hydrogen) atoms. The fourth-order valence-electron chi connectivity index (χ4n) is 2.83. The van der Waals surface area contributed by atoms with Crippen LogP contribution in [-0.4, -0.2) is 32.6 Å². The predicted molar refractivity (Wildman–Crippen MR) is 112 cm³/mol. The van der Waals surface area contributed by atoms with Gasteiger partial charge in [-0.1, -0.05) is 17.8 Å². The van der Waals surface area contributed by atoms with Crippen LogP contribution in [0.25, 0.3) is 11.3 Å². The third-order valence-corrected chi connectivity index (χ3v) is 5.15. The summed E-state index contributed by atoms with van der Waals surface area (Å²) in [4.78, 5) is 24.8. The van der Waals surface area contributed by atoms with Gasteiger partial charge in [0, 0.05) is 23.7 Å². The lowest BCUT2D eigenvalue weighted by Gasteiger charge is -2.31. The van der Waals surface area contributed by atoms with Gasteiger partial charge in [-0.25, -0.2) is 19.6 Å². The summed E-state index contributed by atoms with van der Waals surface area (Å²) in [5.74, 6) is 0.424. The Kier molecular flexibility index (Phi) is 6.07. The molecule has 9 heteroatoms. The van der Waals surface area contributed by atoms with E-state index in [9.17, 15) is 9.18 Å². The van der Waals surface area contributed by atoms with Crippen molar-refractivity contribution in [2.45, 2.75) is 45.3 Å². The Balaban J connectivity index is 1.81. The monoisotopic (exact) mass is 417 g/mol. The van der Waals surface area contributed by atoms with Crippen molar-refractivity contribution in [1.82, 2.24) is 20.8 Å². The van der Waals surface area contributed by atoms with Crippen LogP contribution in [0.4, 0.5) is 9.18 Å². The Labute approximate surface area is 173 Å². The minimum absolute atomic E-state index is 0.364. The summed E-state index contributed by atoms with van der Waals surface area (Å²) in [7, 11) is 0. The van der Waals surface area contributed by atoms with Gasteiger partial charge in [0.1, 0.15) is 11.4 Å². The van der Waals surface area contributed by atoms with Gasteiger partial charge < -0.3 is 4.74 Å². The van der Waals surface area contributed by atoms with Gasteiger partial charge in [-0.05, 0) is 51.8 Å². The number of amides is 1. The number of aromatic nitrogens is 2. The average molecular weight is 418 g/mol. The van der Waals surface area contributed by atoms with E-state index in [4.69, 9.17) is 9.73 Å². The van der Waals surface area contributed by atoms with Gasteiger partial charge in [-0.3, -0.25) is 15.4 Å². The summed E-state index contributed by atoms with van der Waals surface area (Å²) in [5, 5.41) is 0.565. The van der Waals surface area contributed by atoms with Crippen molar-refractivity contribution in [2.75, 3.05) is 5.75 Å². The number of hydrazine groups is 1. The summed E-state index contributed by atoms with van der Waals surface area (Å²) in [6.07, 6.45) is 4.79. The van der Waals surface area contributed by atoms with Gasteiger partial charge in [-0.2, -0.15) is 0 Å². The van der Waals surface area contributed by atoms with Crippen LogP contribution in [0, 0.1) is 5.82 Å². The Morgan fingerprint density at radius 3 is 2.79 bits per heavy atom.